The van der Waals surface area contributed by atoms with E-state index in [9.17, 15) is 13.2 Å². The minimum atomic E-state index is -3.31. The molecule has 0 aromatic rings. The van der Waals surface area contributed by atoms with Gasteiger partial charge in [-0.05, 0) is 44.4 Å². The van der Waals surface area contributed by atoms with Crippen LogP contribution < -0.4 is 0 Å². The first-order chi connectivity index (χ1) is 11.5. The highest BCUT2D eigenvalue weighted by Crippen LogP contribution is 2.26. The predicted octanol–water partition coefficient (Wildman–Crippen LogP) is 3.01. The van der Waals surface area contributed by atoms with Crippen LogP contribution in [0.15, 0.2) is 0 Å². The molecule has 0 N–H and O–H groups in total. The maximum absolute atomic E-state index is 13.1. The summed E-state index contributed by atoms with van der Waals surface area (Å²) in [5.74, 6) is 0.917. The van der Waals surface area contributed by atoms with Gasteiger partial charge in [-0.3, -0.25) is 4.79 Å². The van der Waals surface area contributed by atoms with Crippen LogP contribution in [0.5, 0.6) is 0 Å². The molecule has 2 saturated heterocycles. The average Bonchev–Trinajstić information content (AvgIpc) is 2.80. The zero-order valence-electron chi connectivity index (χ0n) is 15.4. The number of hydrogen-bond donors (Lipinski definition) is 0. The van der Waals surface area contributed by atoms with Gasteiger partial charge in [0.15, 0.2) is 0 Å². The largest absolute Gasteiger partial charge is 0.341 e. The fraction of sp³-hybridized carbons (Fsp3) is 0.944. The maximum Gasteiger partial charge on any atom is 0.241 e. The van der Waals surface area contributed by atoms with E-state index in [1.54, 1.807) is 0 Å². The summed E-state index contributed by atoms with van der Waals surface area (Å²) in [6.07, 6.45) is 8.83. The summed E-state index contributed by atoms with van der Waals surface area (Å²) >= 11 is 0. The van der Waals surface area contributed by atoms with Crippen LogP contribution in [0.4, 0.5) is 0 Å². The van der Waals surface area contributed by atoms with Crippen molar-refractivity contribution < 1.29 is 13.2 Å². The van der Waals surface area contributed by atoms with Crippen molar-refractivity contribution in [1.82, 2.24) is 9.21 Å². The van der Waals surface area contributed by atoms with Crippen molar-refractivity contribution in [3.05, 3.63) is 0 Å². The van der Waals surface area contributed by atoms with E-state index in [1.165, 1.54) is 23.6 Å². The number of nitrogens with zero attached hydrogens (tertiary/aromatic N) is 2. The lowest BCUT2D eigenvalue weighted by Gasteiger charge is -2.36. The zero-order valence-corrected chi connectivity index (χ0v) is 16.2. The van der Waals surface area contributed by atoms with Gasteiger partial charge in [-0.25, -0.2) is 8.42 Å². The Hall–Kier alpha value is -0.620. The fourth-order valence-electron chi connectivity index (χ4n) is 4.15. The van der Waals surface area contributed by atoms with Gasteiger partial charge in [0.2, 0.25) is 15.9 Å². The van der Waals surface area contributed by atoms with Crippen molar-refractivity contribution in [1.29, 1.82) is 0 Å². The Balaban J connectivity index is 2.05. The molecular formula is C18H34N2O3S. The molecule has 2 aliphatic rings. The average molecular weight is 359 g/mol. The maximum atomic E-state index is 13.1. The number of amides is 1. The molecule has 0 aliphatic carbocycles. The molecule has 2 atom stereocenters. The number of likely N-dealkylation sites (tertiary alicyclic amines) is 1. The third kappa shape index (κ3) is 4.94. The number of hydrogen-bond acceptors (Lipinski definition) is 3. The van der Waals surface area contributed by atoms with E-state index in [0.717, 1.165) is 44.7 Å². The van der Waals surface area contributed by atoms with Gasteiger partial charge in [0.05, 0.1) is 5.75 Å². The van der Waals surface area contributed by atoms with Crippen molar-refractivity contribution in [2.75, 3.05) is 25.4 Å². The lowest BCUT2D eigenvalue weighted by molar-refractivity contribution is -0.136. The van der Waals surface area contributed by atoms with Crippen LogP contribution in [0.25, 0.3) is 0 Å². The van der Waals surface area contributed by atoms with Crippen molar-refractivity contribution in [3.8, 4) is 0 Å². The fourth-order valence-corrected chi connectivity index (χ4v) is 5.89. The molecule has 6 heteroatoms. The predicted molar refractivity (Wildman–Crippen MR) is 97.3 cm³/mol. The number of rotatable bonds is 6. The highest BCUT2D eigenvalue weighted by Gasteiger charge is 2.38. The molecule has 0 bridgehead atoms. The Labute approximate surface area is 147 Å². The van der Waals surface area contributed by atoms with E-state index < -0.39 is 16.1 Å². The molecule has 0 aromatic carbocycles. The van der Waals surface area contributed by atoms with E-state index in [-0.39, 0.29) is 11.7 Å². The lowest BCUT2D eigenvalue weighted by Crippen LogP contribution is -2.53. The van der Waals surface area contributed by atoms with Gasteiger partial charge >= 0.3 is 0 Å². The van der Waals surface area contributed by atoms with E-state index in [0.29, 0.717) is 19.4 Å². The molecule has 1 amide bonds. The Bertz CT molecular complexity index is 506. The number of carbonyl (C=O) groups is 1. The van der Waals surface area contributed by atoms with Gasteiger partial charge < -0.3 is 4.90 Å². The second-order valence-corrected chi connectivity index (χ2v) is 9.39. The molecule has 5 nitrogen and oxygen atoms in total. The Kier molecular flexibility index (Phi) is 7.54. The summed E-state index contributed by atoms with van der Waals surface area (Å²) in [5.41, 5.74) is 0. The van der Waals surface area contributed by atoms with Crippen molar-refractivity contribution in [2.45, 2.75) is 77.7 Å². The van der Waals surface area contributed by atoms with E-state index in [4.69, 9.17) is 0 Å². The standard InChI is InChI=1S/C18H34N2O3S/c1-3-8-16-9-7-12-19(14-11-16)18(21)17-10-5-6-13-20(17)24(22,23)15-4-2/h16-17H,3-15H2,1-2H3. The molecule has 2 aliphatic heterocycles. The molecule has 2 rings (SSSR count). The van der Waals surface area contributed by atoms with Crippen LogP contribution in [0.2, 0.25) is 0 Å². The second-order valence-electron chi connectivity index (χ2n) is 7.35. The van der Waals surface area contributed by atoms with Crippen LogP contribution in [-0.4, -0.2) is 55.0 Å². The number of sulfonamides is 1. The zero-order chi connectivity index (χ0) is 17.6. The first-order valence-corrected chi connectivity index (χ1v) is 11.4. The molecule has 2 unspecified atom stereocenters. The van der Waals surface area contributed by atoms with Gasteiger partial charge in [-0.2, -0.15) is 4.31 Å². The highest BCUT2D eigenvalue weighted by atomic mass is 32.2. The normalized spacial score (nSPS) is 27.0. The van der Waals surface area contributed by atoms with Crippen molar-refractivity contribution in [3.63, 3.8) is 0 Å². The highest BCUT2D eigenvalue weighted by molar-refractivity contribution is 7.89. The Morgan fingerprint density at radius 3 is 2.46 bits per heavy atom. The topological polar surface area (TPSA) is 57.7 Å². The van der Waals surface area contributed by atoms with Gasteiger partial charge in [-0.1, -0.05) is 33.1 Å². The molecule has 140 valence electrons. The van der Waals surface area contributed by atoms with Crippen LogP contribution in [0, 0.1) is 5.92 Å². The molecule has 0 radical (unpaired) electrons. The summed E-state index contributed by atoms with van der Waals surface area (Å²) in [5, 5.41) is 0. The smallest absolute Gasteiger partial charge is 0.241 e. The summed E-state index contributed by atoms with van der Waals surface area (Å²) in [7, 11) is -3.31. The van der Waals surface area contributed by atoms with Gasteiger partial charge in [0.25, 0.3) is 0 Å². The van der Waals surface area contributed by atoms with Crippen LogP contribution >= 0.6 is 0 Å². The van der Waals surface area contributed by atoms with Gasteiger partial charge in [0.1, 0.15) is 6.04 Å². The number of carbonyl (C=O) groups excluding carboxylic acids is 1. The SMILES string of the molecule is CCCC1CCCN(C(=O)C2CCCCN2S(=O)(=O)CCC)CC1. The quantitative estimate of drug-likeness (QED) is 0.733. The third-order valence-electron chi connectivity index (χ3n) is 5.41. The first kappa shape index (κ1) is 19.7. The van der Waals surface area contributed by atoms with Crippen LogP contribution in [-0.2, 0) is 14.8 Å². The molecular weight excluding hydrogens is 324 g/mol. The summed E-state index contributed by atoms with van der Waals surface area (Å²) in [6.45, 7) is 6.18. The molecule has 2 fully saturated rings. The van der Waals surface area contributed by atoms with E-state index in [1.807, 2.05) is 11.8 Å². The van der Waals surface area contributed by atoms with Gasteiger partial charge in [-0.15, -0.1) is 0 Å². The molecule has 0 saturated carbocycles. The van der Waals surface area contributed by atoms with Crippen molar-refractivity contribution >= 4 is 15.9 Å². The molecule has 24 heavy (non-hydrogen) atoms. The van der Waals surface area contributed by atoms with Crippen LogP contribution in [0.1, 0.15) is 71.6 Å². The minimum absolute atomic E-state index is 0.0477. The monoisotopic (exact) mass is 358 g/mol. The molecule has 2 heterocycles. The minimum Gasteiger partial charge on any atom is -0.341 e. The molecule has 0 aromatic heterocycles. The van der Waals surface area contributed by atoms with Crippen molar-refractivity contribution in [2.24, 2.45) is 5.92 Å². The lowest BCUT2D eigenvalue weighted by atomic mass is 9.96. The van der Waals surface area contributed by atoms with E-state index >= 15 is 0 Å². The Morgan fingerprint density at radius 2 is 1.75 bits per heavy atom. The van der Waals surface area contributed by atoms with Gasteiger partial charge in [0, 0.05) is 19.6 Å². The third-order valence-corrected chi connectivity index (χ3v) is 7.49. The molecule has 0 spiro atoms. The summed E-state index contributed by atoms with van der Waals surface area (Å²) < 4.78 is 26.6. The summed E-state index contributed by atoms with van der Waals surface area (Å²) in [4.78, 5) is 15.0. The first-order valence-electron chi connectivity index (χ1n) is 9.78. The Morgan fingerprint density at radius 1 is 0.958 bits per heavy atom. The second kappa shape index (κ2) is 9.18. The van der Waals surface area contributed by atoms with E-state index in [2.05, 4.69) is 6.92 Å². The van der Waals surface area contributed by atoms with Crippen LogP contribution in [0.3, 0.4) is 0 Å². The summed E-state index contributed by atoms with van der Waals surface area (Å²) in [6, 6.07) is -0.460. The number of piperidine rings is 1.